The van der Waals surface area contributed by atoms with Gasteiger partial charge in [0.1, 0.15) is 31.4 Å². The fourth-order valence-corrected chi connectivity index (χ4v) is 4.47. The van der Waals surface area contributed by atoms with Gasteiger partial charge in [-0.2, -0.15) is 0 Å². The molecule has 0 radical (unpaired) electrons. The molecule has 1 N–H and O–H groups in total. The van der Waals surface area contributed by atoms with Crippen LogP contribution in [0.4, 0.5) is 36.0 Å². The predicted octanol–water partition coefficient (Wildman–Crippen LogP) is 4.10. The van der Waals surface area contributed by atoms with Gasteiger partial charge in [-0.3, -0.25) is 9.80 Å². The van der Waals surface area contributed by atoms with Crippen LogP contribution in [0, 0.1) is 5.82 Å². The maximum absolute atomic E-state index is 15.2. The molecular weight excluding hydrogens is 612 g/mol. The number of aromatic nitrogens is 1. The second-order valence-electron chi connectivity index (χ2n) is 9.09. The first kappa shape index (κ1) is 30.8. The zero-order valence-corrected chi connectivity index (χ0v) is 24.0. The Morgan fingerprint density at radius 3 is 2.71 bits per heavy atom. The number of halogens is 4. The molecule has 2 fully saturated rings. The Morgan fingerprint density at radius 2 is 2.02 bits per heavy atom. The summed E-state index contributed by atoms with van der Waals surface area (Å²) in [4.78, 5) is 41.3. The van der Waals surface area contributed by atoms with E-state index in [2.05, 4.69) is 10.5 Å². The van der Waals surface area contributed by atoms with Gasteiger partial charge in [0.2, 0.25) is 3.79 Å². The number of hydrogen-bond acceptors (Lipinski definition) is 10. The Bertz CT molecular complexity index is 1220. The van der Waals surface area contributed by atoms with Crippen molar-refractivity contribution in [1.29, 1.82) is 0 Å². The standard InChI is InChI=1S/C24H27Cl3FN5O8/c1-37-8-9-38-21(34)29-15-4-6-31(11-15)19-3-2-16(10-18(19)28)32-12-17(41-23(32)36)13-33(20-5-7-40-30-20)22(35)39-14-24(25,26)27/h2-3,5,7,10,15,17H,4,6,8-9,11-14H2,1H3,(H,29,34)/t15-,17+/m0/s1. The van der Waals surface area contributed by atoms with Gasteiger partial charge in [-0.15, -0.1) is 0 Å². The minimum absolute atomic E-state index is 0.00456. The number of carbonyl (C=O) groups excluding carboxylic acids is 3. The van der Waals surface area contributed by atoms with Crippen LogP contribution in [-0.2, 0) is 18.9 Å². The zero-order valence-electron chi connectivity index (χ0n) is 21.8. The SMILES string of the molecule is COCCOC(=O)N[C@H]1CCN(c2ccc(N3C[C@H](CN(C(=O)OCC(Cl)(Cl)Cl)c4ccon4)OC3=O)cc2F)C1. The lowest BCUT2D eigenvalue weighted by molar-refractivity contribution is 0.0969. The molecule has 17 heteroatoms. The first-order valence-electron chi connectivity index (χ1n) is 12.4. The maximum atomic E-state index is 15.2. The lowest BCUT2D eigenvalue weighted by atomic mass is 10.2. The van der Waals surface area contributed by atoms with E-state index in [1.807, 2.05) is 0 Å². The maximum Gasteiger partial charge on any atom is 0.415 e. The minimum atomic E-state index is -1.83. The number of ether oxygens (including phenoxy) is 4. The summed E-state index contributed by atoms with van der Waals surface area (Å²) in [6, 6.07) is 5.56. The second kappa shape index (κ2) is 13.6. The van der Waals surface area contributed by atoms with Crippen molar-refractivity contribution in [2.45, 2.75) is 22.4 Å². The molecule has 1 aromatic heterocycles. The molecule has 224 valence electrons. The van der Waals surface area contributed by atoms with E-state index in [0.29, 0.717) is 25.2 Å². The number of methoxy groups -OCH3 is 1. The summed E-state index contributed by atoms with van der Waals surface area (Å²) in [5.74, 6) is -0.465. The lowest BCUT2D eigenvalue weighted by Gasteiger charge is -2.23. The summed E-state index contributed by atoms with van der Waals surface area (Å²) in [5.41, 5.74) is 0.588. The Labute approximate surface area is 249 Å². The highest BCUT2D eigenvalue weighted by atomic mass is 35.6. The molecule has 3 amide bonds. The Hall–Kier alpha value is -3.20. The van der Waals surface area contributed by atoms with E-state index in [1.165, 1.54) is 30.4 Å². The summed E-state index contributed by atoms with van der Waals surface area (Å²) in [7, 11) is 1.51. The quantitative estimate of drug-likeness (QED) is 0.230. The molecule has 0 saturated carbocycles. The Kier molecular flexibility index (Phi) is 10.2. The van der Waals surface area contributed by atoms with E-state index < -0.39 is 40.6 Å². The van der Waals surface area contributed by atoms with Crippen LogP contribution in [0.5, 0.6) is 0 Å². The zero-order chi connectivity index (χ0) is 29.6. The second-order valence-corrected chi connectivity index (χ2v) is 11.6. The van der Waals surface area contributed by atoms with E-state index in [1.54, 1.807) is 17.0 Å². The number of anilines is 3. The molecule has 13 nitrogen and oxygen atoms in total. The molecular formula is C24H27Cl3FN5O8. The number of rotatable bonds is 10. The molecule has 1 aromatic carbocycles. The van der Waals surface area contributed by atoms with Crippen molar-refractivity contribution in [3.05, 3.63) is 36.3 Å². The third-order valence-electron chi connectivity index (χ3n) is 6.16. The minimum Gasteiger partial charge on any atom is -0.447 e. The number of alkyl halides is 3. The van der Waals surface area contributed by atoms with Gasteiger partial charge in [0.05, 0.1) is 37.1 Å². The average Bonchev–Trinajstić information content (AvgIpc) is 3.67. The van der Waals surface area contributed by atoms with E-state index >= 15 is 4.39 Å². The number of nitrogens with one attached hydrogen (secondary N) is 1. The molecule has 4 rings (SSSR count). The van der Waals surface area contributed by atoms with Crippen LogP contribution < -0.4 is 20.0 Å². The van der Waals surface area contributed by atoms with E-state index in [9.17, 15) is 14.4 Å². The highest BCUT2D eigenvalue weighted by Gasteiger charge is 2.37. The summed E-state index contributed by atoms with van der Waals surface area (Å²) in [5, 5.41) is 6.48. The van der Waals surface area contributed by atoms with Crippen LogP contribution in [0.2, 0.25) is 0 Å². The van der Waals surface area contributed by atoms with E-state index in [-0.39, 0.29) is 43.9 Å². The van der Waals surface area contributed by atoms with Crippen molar-refractivity contribution in [3.63, 3.8) is 0 Å². The monoisotopic (exact) mass is 637 g/mol. The molecule has 0 spiro atoms. The normalized spacial score (nSPS) is 18.8. The number of cyclic esters (lactones) is 1. The van der Waals surface area contributed by atoms with Gasteiger partial charge in [0, 0.05) is 26.3 Å². The fourth-order valence-electron chi connectivity index (χ4n) is 4.30. The lowest BCUT2D eigenvalue weighted by Crippen LogP contribution is -2.40. The Morgan fingerprint density at radius 1 is 1.22 bits per heavy atom. The van der Waals surface area contributed by atoms with Gasteiger partial charge < -0.3 is 33.7 Å². The number of amides is 3. The van der Waals surface area contributed by atoms with Crippen LogP contribution in [0.25, 0.3) is 0 Å². The topological polar surface area (TPSA) is 136 Å². The first-order chi connectivity index (χ1) is 19.5. The first-order valence-corrected chi connectivity index (χ1v) is 13.5. The van der Waals surface area contributed by atoms with Gasteiger partial charge in [-0.25, -0.2) is 18.8 Å². The number of nitrogens with zero attached hydrogens (tertiary/aromatic N) is 4. The summed E-state index contributed by atoms with van der Waals surface area (Å²) in [6.07, 6.45) is -1.17. The number of benzene rings is 1. The summed E-state index contributed by atoms with van der Waals surface area (Å²) >= 11 is 17.0. The van der Waals surface area contributed by atoms with Crippen molar-refractivity contribution >= 4 is 70.3 Å². The molecule has 2 atom stereocenters. The number of hydrogen-bond donors (Lipinski definition) is 1. The molecule has 0 bridgehead atoms. The van der Waals surface area contributed by atoms with E-state index in [0.717, 1.165) is 4.90 Å². The molecule has 2 aromatic rings. The number of alkyl carbamates (subject to hydrolysis) is 1. The molecule has 2 saturated heterocycles. The average molecular weight is 639 g/mol. The number of carbonyl (C=O) groups is 3. The summed E-state index contributed by atoms with van der Waals surface area (Å²) < 4.78 is 38.5. The van der Waals surface area contributed by atoms with Crippen LogP contribution in [0.1, 0.15) is 6.42 Å². The van der Waals surface area contributed by atoms with Crippen molar-refractivity contribution in [2.24, 2.45) is 0 Å². The van der Waals surface area contributed by atoms with Crippen molar-refractivity contribution < 1.29 is 42.2 Å². The third kappa shape index (κ3) is 8.41. The molecule has 0 unspecified atom stereocenters. The highest BCUT2D eigenvalue weighted by molar-refractivity contribution is 6.67. The van der Waals surface area contributed by atoms with Gasteiger partial charge in [-0.1, -0.05) is 40.0 Å². The van der Waals surface area contributed by atoms with Gasteiger partial charge >= 0.3 is 18.3 Å². The Balaban J connectivity index is 1.36. The van der Waals surface area contributed by atoms with Gasteiger partial charge in [-0.05, 0) is 24.6 Å². The largest absolute Gasteiger partial charge is 0.447 e. The third-order valence-corrected chi connectivity index (χ3v) is 6.48. The molecule has 2 aliphatic heterocycles. The molecule has 41 heavy (non-hydrogen) atoms. The molecule has 3 heterocycles. The highest BCUT2D eigenvalue weighted by Crippen LogP contribution is 2.31. The fraction of sp³-hybridized carbons (Fsp3) is 0.500. The smallest absolute Gasteiger partial charge is 0.415 e. The van der Waals surface area contributed by atoms with Crippen LogP contribution in [-0.4, -0.2) is 92.5 Å². The molecule has 0 aliphatic carbocycles. The summed E-state index contributed by atoms with van der Waals surface area (Å²) in [6.45, 7) is 0.634. The van der Waals surface area contributed by atoms with Crippen molar-refractivity contribution in [1.82, 2.24) is 10.5 Å². The van der Waals surface area contributed by atoms with Crippen LogP contribution in [0.15, 0.2) is 35.1 Å². The van der Waals surface area contributed by atoms with Crippen molar-refractivity contribution in [2.75, 3.05) is 67.8 Å². The predicted molar refractivity (Wildman–Crippen MR) is 146 cm³/mol. The van der Waals surface area contributed by atoms with Crippen LogP contribution >= 0.6 is 34.8 Å². The van der Waals surface area contributed by atoms with Gasteiger partial charge in [0.25, 0.3) is 0 Å². The molecule has 2 aliphatic rings. The van der Waals surface area contributed by atoms with Crippen LogP contribution in [0.3, 0.4) is 0 Å². The van der Waals surface area contributed by atoms with Crippen molar-refractivity contribution in [3.8, 4) is 0 Å². The van der Waals surface area contributed by atoms with E-state index in [4.69, 9.17) is 58.3 Å². The van der Waals surface area contributed by atoms with Gasteiger partial charge in [0.15, 0.2) is 5.82 Å².